The van der Waals surface area contributed by atoms with E-state index in [4.69, 9.17) is 18.6 Å². The summed E-state index contributed by atoms with van der Waals surface area (Å²) in [5.41, 5.74) is -2.24. The van der Waals surface area contributed by atoms with Gasteiger partial charge in [-0.2, -0.15) is 0 Å². The van der Waals surface area contributed by atoms with Crippen LogP contribution in [-0.2, 0) is 30.2 Å². The highest BCUT2D eigenvalue weighted by Crippen LogP contribution is 2.54. The van der Waals surface area contributed by atoms with Crippen molar-refractivity contribution >= 4 is 18.2 Å². The zero-order valence-corrected chi connectivity index (χ0v) is 17.6. The molecule has 9 nitrogen and oxygen atoms in total. The molecule has 2 N–H and O–H groups in total. The molecule has 0 spiro atoms. The Kier molecular flexibility index (Phi) is 5.11. The molecule has 0 radical (unpaired) electrons. The molecule has 2 saturated heterocycles. The molecule has 4 heterocycles. The number of furan rings is 1. The molecule has 3 aliphatic heterocycles. The van der Waals surface area contributed by atoms with Crippen molar-refractivity contribution in [2.75, 3.05) is 0 Å². The molecule has 7 atom stereocenters. The first-order valence-electron chi connectivity index (χ1n) is 10.2. The Morgan fingerprint density at radius 2 is 2.10 bits per heavy atom. The summed E-state index contributed by atoms with van der Waals surface area (Å²) in [7, 11) is 0. The van der Waals surface area contributed by atoms with Gasteiger partial charge in [0, 0.05) is 19.8 Å². The van der Waals surface area contributed by atoms with E-state index < -0.39 is 47.6 Å². The summed E-state index contributed by atoms with van der Waals surface area (Å²) >= 11 is 0. The van der Waals surface area contributed by atoms with Crippen molar-refractivity contribution in [3.05, 3.63) is 35.3 Å². The Bertz CT molecular complexity index is 945. The molecule has 0 saturated carbocycles. The van der Waals surface area contributed by atoms with E-state index in [9.17, 15) is 24.6 Å². The fourth-order valence-electron chi connectivity index (χ4n) is 4.66. The number of hydrogen-bond donors (Lipinski definition) is 2. The highest BCUT2D eigenvalue weighted by molar-refractivity contribution is 5.88. The molecule has 4 bridgehead atoms. The number of hydrogen-bond acceptors (Lipinski definition) is 9. The summed E-state index contributed by atoms with van der Waals surface area (Å²) < 4.78 is 22.5. The van der Waals surface area contributed by atoms with Crippen LogP contribution < -0.4 is 0 Å². The molecule has 2 fully saturated rings. The van der Waals surface area contributed by atoms with E-state index >= 15 is 0 Å². The topological polar surface area (TPSA) is 136 Å². The summed E-state index contributed by atoms with van der Waals surface area (Å²) in [4.78, 5) is 36.2. The average Bonchev–Trinajstić information content (AvgIpc) is 3.22. The lowest BCUT2D eigenvalue weighted by Gasteiger charge is -2.30. The van der Waals surface area contributed by atoms with Crippen molar-refractivity contribution in [2.45, 2.75) is 75.7 Å². The van der Waals surface area contributed by atoms with Crippen LogP contribution in [0.2, 0.25) is 0 Å². The maximum atomic E-state index is 12.8. The average molecular weight is 434 g/mol. The minimum atomic E-state index is -1.75. The lowest BCUT2D eigenvalue weighted by molar-refractivity contribution is -0.169. The smallest absolute Gasteiger partial charge is 0.345 e. The predicted octanol–water partition coefficient (Wildman–Crippen LogP) is 1.40. The van der Waals surface area contributed by atoms with Gasteiger partial charge in [-0.15, -0.1) is 0 Å². The zero-order valence-electron chi connectivity index (χ0n) is 17.6. The molecule has 31 heavy (non-hydrogen) atoms. The van der Waals surface area contributed by atoms with Crippen LogP contribution in [0, 0.1) is 5.92 Å². The first-order chi connectivity index (χ1) is 14.5. The Hall–Kier alpha value is -2.49. The fraction of sp³-hybridized carbons (Fsp3) is 0.591. The van der Waals surface area contributed by atoms with Gasteiger partial charge >= 0.3 is 11.9 Å². The molecule has 0 amide bonds. The van der Waals surface area contributed by atoms with Crippen molar-refractivity contribution in [1.29, 1.82) is 0 Å². The van der Waals surface area contributed by atoms with Gasteiger partial charge < -0.3 is 28.8 Å². The number of carbonyl (C=O) groups is 3. The summed E-state index contributed by atoms with van der Waals surface area (Å²) in [5, 5.41) is 21.7. The van der Waals surface area contributed by atoms with E-state index in [0.29, 0.717) is 12.0 Å². The second kappa shape index (κ2) is 7.29. The number of rotatable bonds is 3. The van der Waals surface area contributed by atoms with Gasteiger partial charge in [-0.3, -0.25) is 9.59 Å². The second-order valence-electron chi connectivity index (χ2n) is 8.97. The van der Waals surface area contributed by atoms with Gasteiger partial charge in [0.1, 0.15) is 35.9 Å². The van der Waals surface area contributed by atoms with Crippen molar-refractivity contribution in [3.8, 4) is 0 Å². The number of aliphatic hydroxyl groups is 2. The third-order valence-corrected chi connectivity index (χ3v) is 6.48. The third-order valence-electron chi connectivity index (χ3n) is 6.48. The standard InChI is InChI=1S/C22H26O9/c1-10(2)12-5-14-13(9-23)6-15(29-14)18(25)21(4,27)8-16-19-22(31-19,20(26)30-16)17(7-12)28-11(3)24/h6,9,12,16-19,25,27H,1,5,7-8H2,2-4H3/t12-,16-,17+,18+,19-,21-,22-/m0/s1. The number of aldehydes is 1. The maximum absolute atomic E-state index is 12.8. The fourth-order valence-corrected chi connectivity index (χ4v) is 4.66. The second-order valence-corrected chi connectivity index (χ2v) is 8.97. The van der Waals surface area contributed by atoms with Crippen LogP contribution in [0.1, 0.15) is 61.6 Å². The van der Waals surface area contributed by atoms with E-state index in [-0.39, 0.29) is 36.5 Å². The largest absolute Gasteiger partial charge is 0.462 e. The van der Waals surface area contributed by atoms with Crippen molar-refractivity contribution < 1.29 is 43.2 Å². The van der Waals surface area contributed by atoms with Crippen LogP contribution in [0.3, 0.4) is 0 Å². The minimum absolute atomic E-state index is 0.0330. The van der Waals surface area contributed by atoms with Crippen LogP contribution in [0.25, 0.3) is 0 Å². The lowest BCUT2D eigenvalue weighted by atomic mass is 9.83. The molecular weight excluding hydrogens is 408 g/mol. The van der Waals surface area contributed by atoms with Crippen LogP contribution in [-0.4, -0.2) is 58.0 Å². The molecule has 0 unspecified atom stereocenters. The summed E-state index contributed by atoms with van der Waals surface area (Å²) in [6.45, 7) is 8.41. The van der Waals surface area contributed by atoms with E-state index in [1.165, 1.54) is 19.9 Å². The van der Waals surface area contributed by atoms with Gasteiger partial charge in [-0.25, -0.2) is 4.79 Å². The van der Waals surface area contributed by atoms with Gasteiger partial charge in [-0.05, 0) is 32.3 Å². The third kappa shape index (κ3) is 3.50. The predicted molar refractivity (Wildman–Crippen MR) is 104 cm³/mol. The molecule has 0 aromatic carbocycles. The summed E-state index contributed by atoms with van der Waals surface area (Å²) in [6, 6.07) is 1.39. The van der Waals surface area contributed by atoms with Crippen LogP contribution in [0.4, 0.5) is 0 Å². The number of epoxide rings is 1. The van der Waals surface area contributed by atoms with Crippen molar-refractivity contribution in [2.24, 2.45) is 5.92 Å². The highest BCUT2D eigenvalue weighted by atomic mass is 16.7. The Balaban J connectivity index is 1.80. The van der Waals surface area contributed by atoms with Crippen molar-refractivity contribution in [1.82, 2.24) is 0 Å². The van der Waals surface area contributed by atoms with E-state index in [1.807, 2.05) is 0 Å². The zero-order chi connectivity index (χ0) is 22.7. The lowest BCUT2D eigenvalue weighted by Crippen LogP contribution is -2.42. The Morgan fingerprint density at radius 3 is 2.68 bits per heavy atom. The first kappa shape index (κ1) is 21.7. The van der Waals surface area contributed by atoms with Crippen LogP contribution >= 0.6 is 0 Å². The van der Waals surface area contributed by atoms with Gasteiger partial charge in [0.05, 0.1) is 11.2 Å². The van der Waals surface area contributed by atoms with E-state index in [2.05, 4.69) is 6.58 Å². The molecule has 9 heteroatoms. The number of fused-ring (bicyclic) bond motifs is 2. The number of carbonyl (C=O) groups excluding carboxylic acids is 3. The monoisotopic (exact) mass is 434 g/mol. The quantitative estimate of drug-likeness (QED) is 0.313. The minimum Gasteiger partial charge on any atom is -0.462 e. The number of aliphatic hydroxyl groups excluding tert-OH is 1. The van der Waals surface area contributed by atoms with Crippen molar-refractivity contribution in [3.63, 3.8) is 0 Å². The van der Waals surface area contributed by atoms with E-state index in [0.717, 1.165) is 5.57 Å². The Labute approximate surface area is 179 Å². The molecule has 3 aliphatic rings. The highest BCUT2D eigenvalue weighted by Gasteiger charge is 2.78. The number of esters is 2. The SMILES string of the molecule is C=C(C)[C@H]1Cc2oc(cc2C=O)[C@@H](O)[C@@](C)(O)C[C@@H]2OC(=O)[C@]3(O[C@@H]23)[C@H](OC(C)=O)C1. The molecule has 168 valence electrons. The van der Waals surface area contributed by atoms with Gasteiger partial charge in [0.2, 0.25) is 5.60 Å². The van der Waals surface area contributed by atoms with Gasteiger partial charge in [-0.1, -0.05) is 12.2 Å². The Morgan fingerprint density at radius 1 is 1.39 bits per heavy atom. The van der Waals surface area contributed by atoms with Gasteiger partial charge in [0.15, 0.2) is 6.29 Å². The normalized spacial score (nSPS) is 39.3. The summed E-state index contributed by atoms with van der Waals surface area (Å²) in [5.74, 6) is -1.22. The molecule has 4 rings (SSSR count). The molecule has 1 aromatic rings. The van der Waals surface area contributed by atoms with Gasteiger partial charge in [0.25, 0.3) is 0 Å². The van der Waals surface area contributed by atoms with E-state index in [1.54, 1.807) is 6.92 Å². The van der Waals surface area contributed by atoms with Crippen LogP contribution in [0.5, 0.6) is 0 Å². The first-order valence-corrected chi connectivity index (χ1v) is 10.2. The maximum Gasteiger partial charge on any atom is 0.345 e. The number of ether oxygens (including phenoxy) is 3. The molecule has 1 aromatic heterocycles. The summed E-state index contributed by atoms with van der Waals surface area (Å²) in [6.07, 6.45) is -3.10. The van der Waals surface area contributed by atoms with Crippen LogP contribution in [0.15, 0.2) is 22.6 Å². The molecule has 0 aliphatic carbocycles. The number of allylic oxidation sites excluding steroid dienone is 1. The molecular formula is C22H26O9.